The molecule has 4 heteroatoms. The molecule has 0 bridgehead atoms. The zero-order valence-corrected chi connectivity index (χ0v) is 13.0. The molecule has 20 heavy (non-hydrogen) atoms. The molecule has 0 aromatic heterocycles. The highest BCUT2D eigenvalue weighted by atomic mass is 32.1. The maximum Gasteiger partial charge on any atom is 0.166 e. The van der Waals surface area contributed by atoms with Crippen LogP contribution in [0.4, 0.5) is 4.39 Å². The Hall–Kier alpha value is -1.16. The summed E-state index contributed by atoms with van der Waals surface area (Å²) in [4.78, 5) is 0. The van der Waals surface area contributed by atoms with Gasteiger partial charge in [0, 0.05) is 12.6 Å². The average molecular weight is 294 g/mol. The maximum atomic E-state index is 12.8. The summed E-state index contributed by atoms with van der Waals surface area (Å²) < 4.78 is 12.8. The second-order valence-corrected chi connectivity index (χ2v) is 6.24. The fraction of sp³-hybridized carbons (Fsp3) is 0.562. The molecule has 0 heterocycles. The molecule has 2 nitrogen and oxygen atoms in total. The molecule has 2 rings (SSSR count). The van der Waals surface area contributed by atoms with Crippen LogP contribution in [0.3, 0.4) is 0 Å². The van der Waals surface area contributed by atoms with Gasteiger partial charge in [0.05, 0.1) is 0 Å². The van der Waals surface area contributed by atoms with Crippen LogP contribution >= 0.6 is 12.2 Å². The highest BCUT2D eigenvalue weighted by molar-refractivity contribution is 7.80. The molecule has 1 aromatic carbocycles. The van der Waals surface area contributed by atoms with Gasteiger partial charge in [0.2, 0.25) is 0 Å². The Morgan fingerprint density at radius 2 is 1.95 bits per heavy atom. The zero-order chi connectivity index (χ0) is 14.5. The van der Waals surface area contributed by atoms with Crippen LogP contribution in [0.2, 0.25) is 0 Å². The minimum absolute atomic E-state index is 0.209. The lowest BCUT2D eigenvalue weighted by Crippen LogP contribution is -2.47. The van der Waals surface area contributed by atoms with Crippen LogP contribution in [0.25, 0.3) is 0 Å². The standard InChI is InChI=1S/C16H23FN2S/c1-11-4-3-5-15(12(11)2)19-16(20)18-10-13-6-8-14(17)9-7-13/h6-9,11-12,15H,3-5,10H2,1-2H3,(H2,18,19,20)/t11-,12+,15-/m0/s1. The van der Waals surface area contributed by atoms with Crippen molar-refractivity contribution in [2.45, 2.75) is 45.7 Å². The molecule has 0 saturated heterocycles. The number of halogens is 1. The summed E-state index contributed by atoms with van der Waals surface area (Å²) >= 11 is 5.36. The van der Waals surface area contributed by atoms with Crippen molar-refractivity contribution in [2.24, 2.45) is 11.8 Å². The van der Waals surface area contributed by atoms with E-state index in [0.717, 1.165) is 11.5 Å². The lowest BCUT2D eigenvalue weighted by Gasteiger charge is -2.35. The molecular weight excluding hydrogens is 271 g/mol. The summed E-state index contributed by atoms with van der Waals surface area (Å²) in [6.45, 7) is 5.24. The van der Waals surface area contributed by atoms with Crippen molar-refractivity contribution < 1.29 is 4.39 Å². The van der Waals surface area contributed by atoms with Crippen molar-refractivity contribution in [1.82, 2.24) is 10.6 Å². The predicted octanol–water partition coefficient (Wildman–Crippen LogP) is 3.61. The first-order valence-corrected chi connectivity index (χ1v) is 7.76. The van der Waals surface area contributed by atoms with Crippen LogP contribution < -0.4 is 10.6 Å². The van der Waals surface area contributed by atoms with E-state index in [0.29, 0.717) is 23.6 Å². The van der Waals surface area contributed by atoms with Gasteiger partial charge in [-0.2, -0.15) is 0 Å². The van der Waals surface area contributed by atoms with E-state index in [-0.39, 0.29) is 5.82 Å². The van der Waals surface area contributed by atoms with Crippen LogP contribution in [-0.2, 0) is 6.54 Å². The highest BCUT2D eigenvalue weighted by Gasteiger charge is 2.27. The van der Waals surface area contributed by atoms with E-state index >= 15 is 0 Å². The van der Waals surface area contributed by atoms with Gasteiger partial charge in [-0.1, -0.05) is 38.8 Å². The smallest absolute Gasteiger partial charge is 0.166 e. The maximum absolute atomic E-state index is 12.8. The van der Waals surface area contributed by atoms with Gasteiger partial charge in [0.25, 0.3) is 0 Å². The van der Waals surface area contributed by atoms with Gasteiger partial charge in [-0.05, 0) is 48.2 Å². The topological polar surface area (TPSA) is 24.1 Å². The number of thiocarbonyl (C=S) groups is 1. The molecule has 1 aliphatic carbocycles. The number of hydrogen-bond acceptors (Lipinski definition) is 1. The second kappa shape index (κ2) is 7.02. The second-order valence-electron chi connectivity index (χ2n) is 5.83. The first-order valence-electron chi connectivity index (χ1n) is 7.35. The Labute approximate surface area is 126 Å². The first kappa shape index (κ1) is 15.2. The summed E-state index contributed by atoms with van der Waals surface area (Å²) in [6, 6.07) is 6.95. The molecule has 110 valence electrons. The lowest BCUT2D eigenvalue weighted by atomic mass is 9.78. The molecule has 2 N–H and O–H groups in total. The number of nitrogens with one attached hydrogen (secondary N) is 2. The summed E-state index contributed by atoms with van der Waals surface area (Å²) in [5.74, 6) is 1.19. The van der Waals surface area contributed by atoms with Gasteiger partial charge in [-0.15, -0.1) is 0 Å². The molecular formula is C16H23FN2S. The Morgan fingerprint density at radius 1 is 1.25 bits per heavy atom. The fourth-order valence-corrected chi connectivity index (χ4v) is 3.01. The summed E-state index contributed by atoms with van der Waals surface area (Å²) in [5.41, 5.74) is 1.03. The van der Waals surface area contributed by atoms with Gasteiger partial charge < -0.3 is 10.6 Å². The Bertz CT molecular complexity index is 446. The van der Waals surface area contributed by atoms with Crippen LogP contribution in [0, 0.1) is 17.7 Å². The predicted molar refractivity (Wildman–Crippen MR) is 84.9 cm³/mol. The molecule has 0 unspecified atom stereocenters. The van der Waals surface area contributed by atoms with Crippen LogP contribution in [0.15, 0.2) is 24.3 Å². The van der Waals surface area contributed by atoms with Crippen molar-refractivity contribution in [3.63, 3.8) is 0 Å². The minimum atomic E-state index is -0.209. The van der Waals surface area contributed by atoms with Crippen LogP contribution in [0.1, 0.15) is 38.7 Å². The minimum Gasteiger partial charge on any atom is -0.360 e. The van der Waals surface area contributed by atoms with Crippen LogP contribution in [-0.4, -0.2) is 11.2 Å². The number of rotatable bonds is 3. The van der Waals surface area contributed by atoms with Crippen molar-refractivity contribution >= 4 is 17.3 Å². The monoisotopic (exact) mass is 294 g/mol. The third-order valence-corrected chi connectivity index (χ3v) is 4.65. The van der Waals surface area contributed by atoms with E-state index in [4.69, 9.17) is 12.2 Å². The van der Waals surface area contributed by atoms with Gasteiger partial charge >= 0.3 is 0 Å². The molecule has 0 amide bonds. The first-order chi connectivity index (χ1) is 9.56. The number of hydrogen-bond donors (Lipinski definition) is 2. The van der Waals surface area contributed by atoms with Gasteiger partial charge in [0.15, 0.2) is 5.11 Å². The molecule has 1 fully saturated rings. The summed E-state index contributed by atoms with van der Waals surface area (Å²) in [7, 11) is 0. The average Bonchev–Trinajstić information content (AvgIpc) is 2.43. The van der Waals surface area contributed by atoms with E-state index < -0.39 is 0 Å². The molecule has 0 aliphatic heterocycles. The zero-order valence-electron chi connectivity index (χ0n) is 12.2. The third kappa shape index (κ3) is 4.17. The molecule has 1 aromatic rings. The largest absolute Gasteiger partial charge is 0.360 e. The Balaban J connectivity index is 1.79. The normalized spacial score (nSPS) is 26.1. The van der Waals surface area contributed by atoms with Crippen LogP contribution in [0.5, 0.6) is 0 Å². The molecule has 1 saturated carbocycles. The SMILES string of the molecule is C[C@H]1[C@@H](NC(=S)NCc2ccc(F)cc2)CCC[C@@H]1C. The van der Waals surface area contributed by atoms with E-state index in [9.17, 15) is 4.39 Å². The Morgan fingerprint density at radius 3 is 2.65 bits per heavy atom. The summed E-state index contributed by atoms with van der Waals surface area (Å²) in [5, 5.41) is 7.32. The van der Waals surface area contributed by atoms with Crippen molar-refractivity contribution in [3.8, 4) is 0 Å². The van der Waals surface area contributed by atoms with Crippen molar-refractivity contribution in [1.29, 1.82) is 0 Å². The van der Waals surface area contributed by atoms with Gasteiger partial charge in [0.1, 0.15) is 5.82 Å². The molecule has 0 spiro atoms. The molecule has 1 aliphatic rings. The van der Waals surface area contributed by atoms with Gasteiger partial charge in [-0.25, -0.2) is 4.39 Å². The molecule has 3 atom stereocenters. The van der Waals surface area contributed by atoms with E-state index in [2.05, 4.69) is 24.5 Å². The van der Waals surface area contributed by atoms with E-state index in [1.807, 2.05) is 0 Å². The quantitative estimate of drug-likeness (QED) is 0.833. The fourth-order valence-electron chi connectivity index (χ4n) is 2.79. The van der Waals surface area contributed by atoms with Crippen molar-refractivity contribution in [3.05, 3.63) is 35.6 Å². The highest BCUT2D eigenvalue weighted by Crippen LogP contribution is 2.29. The lowest BCUT2D eigenvalue weighted by molar-refractivity contribution is 0.224. The number of benzene rings is 1. The van der Waals surface area contributed by atoms with E-state index in [1.54, 1.807) is 12.1 Å². The van der Waals surface area contributed by atoms with E-state index in [1.165, 1.54) is 31.4 Å². The van der Waals surface area contributed by atoms with Crippen molar-refractivity contribution in [2.75, 3.05) is 0 Å². The third-order valence-electron chi connectivity index (χ3n) is 4.39. The van der Waals surface area contributed by atoms with Gasteiger partial charge in [-0.3, -0.25) is 0 Å². The summed E-state index contributed by atoms with van der Waals surface area (Å²) in [6.07, 6.45) is 3.77. The molecule has 0 radical (unpaired) electrons. The Kier molecular flexibility index (Phi) is 5.35.